The number of methoxy groups -OCH3 is 2. The number of esters is 2. The molecule has 0 bridgehead atoms. The van der Waals surface area contributed by atoms with Crippen molar-refractivity contribution in [1.29, 1.82) is 0 Å². The summed E-state index contributed by atoms with van der Waals surface area (Å²) in [5.74, 6) is -1.36. The fourth-order valence-electron chi connectivity index (χ4n) is 2.88. The van der Waals surface area contributed by atoms with E-state index in [0.29, 0.717) is 5.69 Å². The maximum atomic E-state index is 12.6. The van der Waals surface area contributed by atoms with Crippen molar-refractivity contribution >= 4 is 23.7 Å². The van der Waals surface area contributed by atoms with E-state index in [9.17, 15) is 14.4 Å². The third-order valence-corrected chi connectivity index (χ3v) is 4.27. The van der Waals surface area contributed by atoms with E-state index in [1.807, 2.05) is 13.0 Å². The minimum Gasteiger partial charge on any atom is -0.465 e. The summed E-state index contributed by atoms with van der Waals surface area (Å²) >= 11 is 0. The number of anilines is 1. The van der Waals surface area contributed by atoms with Crippen molar-refractivity contribution in [1.82, 2.24) is 5.32 Å². The number of nitrogens with zero attached hydrogens (tertiary/aromatic N) is 1. The van der Waals surface area contributed by atoms with Crippen LogP contribution in [0, 0.1) is 0 Å². The number of carbonyl (C=O) groups excluding carboxylic acids is 3. The van der Waals surface area contributed by atoms with Gasteiger partial charge in [-0.2, -0.15) is 0 Å². The Kier molecular flexibility index (Phi) is 7.63. The lowest BCUT2D eigenvalue weighted by Gasteiger charge is -2.25. The van der Waals surface area contributed by atoms with E-state index in [-0.39, 0.29) is 17.3 Å². The molecule has 1 aliphatic heterocycles. The Hall–Kier alpha value is -3.55. The molecular weight excluding hydrogens is 400 g/mol. The SMILES string of the molecule is COC(=O)C1=C(C(=O)OC)N(c2cccc(C(C)NC(=O)OC(C)(C)C)c2)C=CC=C1. The smallest absolute Gasteiger partial charge is 0.408 e. The van der Waals surface area contributed by atoms with E-state index in [2.05, 4.69) is 5.32 Å². The average Bonchev–Trinajstić information content (AvgIpc) is 2.94. The molecule has 0 aromatic heterocycles. The van der Waals surface area contributed by atoms with Gasteiger partial charge in [0.25, 0.3) is 0 Å². The van der Waals surface area contributed by atoms with Crippen LogP contribution in [0.3, 0.4) is 0 Å². The molecule has 1 aromatic carbocycles. The predicted molar refractivity (Wildman–Crippen MR) is 116 cm³/mol. The topological polar surface area (TPSA) is 94.2 Å². The molecule has 2 rings (SSSR count). The first-order valence-corrected chi connectivity index (χ1v) is 9.72. The van der Waals surface area contributed by atoms with Crippen molar-refractivity contribution in [3.8, 4) is 0 Å². The number of benzene rings is 1. The molecule has 0 aliphatic carbocycles. The van der Waals surface area contributed by atoms with Crippen molar-refractivity contribution in [3.05, 3.63) is 65.5 Å². The second kappa shape index (κ2) is 9.97. The van der Waals surface area contributed by atoms with Crippen molar-refractivity contribution in [2.75, 3.05) is 19.1 Å². The van der Waals surface area contributed by atoms with Gasteiger partial charge in [0.1, 0.15) is 11.3 Å². The van der Waals surface area contributed by atoms with Crippen LogP contribution >= 0.6 is 0 Å². The first-order valence-electron chi connectivity index (χ1n) is 9.72. The second-order valence-corrected chi connectivity index (χ2v) is 7.78. The first kappa shape index (κ1) is 23.7. The van der Waals surface area contributed by atoms with Gasteiger partial charge < -0.3 is 24.4 Å². The van der Waals surface area contributed by atoms with Crippen LogP contribution in [0.1, 0.15) is 39.3 Å². The van der Waals surface area contributed by atoms with E-state index in [1.165, 1.54) is 20.3 Å². The van der Waals surface area contributed by atoms with Gasteiger partial charge in [0, 0.05) is 11.9 Å². The van der Waals surface area contributed by atoms with Gasteiger partial charge in [0.2, 0.25) is 0 Å². The average molecular weight is 428 g/mol. The van der Waals surface area contributed by atoms with Crippen molar-refractivity contribution < 1.29 is 28.6 Å². The molecular formula is C23H28N2O6. The van der Waals surface area contributed by atoms with Gasteiger partial charge in [-0.3, -0.25) is 0 Å². The molecule has 1 N–H and O–H groups in total. The van der Waals surface area contributed by atoms with Gasteiger partial charge in [-0.15, -0.1) is 0 Å². The van der Waals surface area contributed by atoms with Crippen molar-refractivity contribution in [3.63, 3.8) is 0 Å². The summed E-state index contributed by atoms with van der Waals surface area (Å²) in [5.41, 5.74) is 0.837. The van der Waals surface area contributed by atoms with E-state index in [0.717, 1.165) is 5.56 Å². The molecule has 31 heavy (non-hydrogen) atoms. The van der Waals surface area contributed by atoms with Crippen LogP contribution < -0.4 is 10.2 Å². The molecule has 1 atom stereocenters. The molecule has 1 amide bonds. The summed E-state index contributed by atoms with van der Waals surface area (Å²) in [6.45, 7) is 7.19. The van der Waals surface area contributed by atoms with Crippen molar-refractivity contribution in [2.24, 2.45) is 0 Å². The Morgan fingerprint density at radius 3 is 2.32 bits per heavy atom. The zero-order valence-electron chi connectivity index (χ0n) is 18.6. The Bertz CT molecular complexity index is 940. The lowest BCUT2D eigenvalue weighted by Crippen LogP contribution is -2.34. The fourth-order valence-corrected chi connectivity index (χ4v) is 2.88. The van der Waals surface area contributed by atoms with Crippen LogP contribution in [0.5, 0.6) is 0 Å². The van der Waals surface area contributed by atoms with Gasteiger partial charge in [0.15, 0.2) is 0 Å². The highest BCUT2D eigenvalue weighted by molar-refractivity contribution is 6.05. The molecule has 0 saturated heterocycles. The molecule has 166 valence electrons. The van der Waals surface area contributed by atoms with E-state index >= 15 is 0 Å². The number of ether oxygens (including phenoxy) is 3. The zero-order valence-corrected chi connectivity index (χ0v) is 18.6. The number of carbonyl (C=O) groups is 3. The Balaban J connectivity index is 2.42. The summed E-state index contributed by atoms with van der Waals surface area (Å²) < 4.78 is 15.0. The second-order valence-electron chi connectivity index (χ2n) is 7.78. The Labute approximate surface area is 182 Å². The van der Waals surface area contributed by atoms with Gasteiger partial charge in [-0.05, 0) is 57.5 Å². The monoisotopic (exact) mass is 428 g/mol. The van der Waals surface area contributed by atoms with E-state index < -0.39 is 23.6 Å². The number of nitrogens with one attached hydrogen (secondary N) is 1. The van der Waals surface area contributed by atoms with Crippen LogP contribution in [0.25, 0.3) is 0 Å². The highest BCUT2D eigenvalue weighted by atomic mass is 16.6. The highest BCUT2D eigenvalue weighted by Gasteiger charge is 2.28. The molecule has 8 nitrogen and oxygen atoms in total. The van der Waals surface area contributed by atoms with Crippen LogP contribution in [0.4, 0.5) is 10.5 Å². The molecule has 8 heteroatoms. The summed E-state index contributed by atoms with van der Waals surface area (Å²) in [6.07, 6.45) is 5.92. The molecule has 0 saturated carbocycles. The largest absolute Gasteiger partial charge is 0.465 e. The van der Waals surface area contributed by atoms with Gasteiger partial charge in [-0.1, -0.05) is 18.2 Å². The molecule has 1 aromatic rings. The van der Waals surface area contributed by atoms with Crippen LogP contribution in [0.15, 0.2) is 60.0 Å². The number of rotatable bonds is 5. The molecule has 0 radical (unpaired) electrons. The third-order valence-electron chi connectivity index (χ3n) is 4.27. The number of alkyl carbamates (subject to hydrolysis) is 1. The zero-order chi connectivity index (χ0) is 23.2. The number of allylic oxidation sites excluding steroid dienone is 2. The van der Waals surface area contributed by atoms with Crippen LogP contribution in [-0.4, -0.2) is 37.9 Å². The van der Waals surface area contributed by atoms with Gasteiger partial charge >= 0.3 is 18.0 Å². The Morgan fingerprint density at radius 2 is 1.71 bits per heavy atom. The van der Waals surface area contributed by atoms with Crippen molar-refractivity contribution in [2.45, 2.75) is 39.3 Å². The minimum absolute atomic E-state index is 0.0178. The predicted octanol–water partition coefficient (Wildman–Crippen LogP) is 3.76. The lowest BCUT2D eigenvalue weighted by atomic mass is 10.1. The third kappa shape index (κ3) is 6.21. The molecule has 0 spiro atoms. The lowest BCUT2D eigenvalue weighted by molar-refractivity contribution is -0.139. The van der Waals surface area contributed by atoms with E-state index in [4.69, 9.17) is 14.2 Å². The van der Waals surface area contributed by atoms with E-state index in [1.54, 1.807) is 62.2 Å². The summed E-state index contributed by atoms with van der Waals surface area (Å²) in [6, 6.07) is 6.84. The standard InChI is InChI=1S/C23H28N2O6/c1-15(24-22(28)31-23(2,3)4)16-10-9-11-17(14-16)25-13-8-7-12-18(20(26)29-5)19(25)21(27)30-6/h7-15H,1-6H3,(H,24,28). The van der Waals surface area contributed by atoms with Crippen LogP contribution in [0.2, 0.25) is 0 Å². The van der Waals surface area contributed by atoms with Crippen LogP contribution in [-0.2, 0) is 23.8 Å². The normalized spacial score (nSPS) is 14.6. The minimum atomic E-state index is -0.693. The van der Waals surface area contributed by atoms with Gasteiger partial charge in [-0.25, -0.2) is 14.4 Å². The molecule has 1 aliphatic rings. The molecule has 0 fully saturated rings. The highest BCUT2D eigenvalue weighted by Crippen LogP contribution is 2.28. The quantitative estimate of drug-likeness (QED) is 0.564. The molecule has 1 heterocycles. The summed E-state index contributed by atoms with van der Waals surface area (Å²) in [5, 5.41) is 2.79. The number of hydrogen-bond acceptors (Lipinski definition) is 7. The van der Waals surface area contributed by atoms with Gasteiger partial charge in [0.05, 0.1) is 25.8 Å². The maximum Gasteiger partial charge on any atom is 0.408 e. The summed E-state index contributed by atoms with van der Waals surface area (Å²) in [4.78, 5) is 38.5. The maximum absolute atomic E-state index is 12.6. The first-order chi connectivity index (χ1) is 14.6. The number of amides is 1. The molecule has 1 unspecified atom stereocenters. The number of hydrogen-bond donors (Lipinski definition) is 1. The fraction of sp³-hybridized carbons (Fsp3) is 0.348. The Morgan fingerprint density at radius 1 is 1.03 bits per heavy atom. The summed E-state index contributed by atoms with van der Waals surface area (Å²) in [7, 11) is 2.48.